The number of nitrogens with zero attached hydrogens (tertiary/aromatic N) is 3. The summed E-state index contributed by atoms with van der Waals surface area (Å²) < 4.78 is 1.96. The third-order valence-corrected chi connectivity index (χ3v) is 6.37. The molecule has 2 aromatic carbocycles. The Labute approximate surface area is 190 Å². The molecule has 0 saturated carbocycles. The van der Waals surface area contributed by atoms with Gasteiger partial charge in [0.25, 0.3) is 5.91 Å². The van der Waals surface area contributed by atoms with Crippen LogP contribution in [0.4, 0.5) is 0 Å². The predicted molar refractivity (Wildman–Crippen MR) is 120 cm³/mol. The van der Waals surface area contributed by atoms with Crippen molar-refractivity contribution in [1.82, 2.24) is 19.8 Å². The first kappa shape index (κ1) is 20.5. The van der Waals surface area contributed by atoms with Gasteiger partial charge in [0, 0.05) is 47.9 Å². The van der Waals surface area contributed by atoms with Crippen LogP contribution in [-0.2, 0) is 23.2 Å². The zero-order valence-electron chi connectivity index (χ0n) is 17.7. The summed E-state index contributed by atoms with van der Waals surface area (Å²) in [6.07, 6.45) is 2.54. The highest BCUT2D eigenvalue weighted by molar-refractivity contribution is 6.30. The lowest BCUT2D eigenvalue weighted by molar-refractivity contribution is -0.136. The van der Waals surface area contributed by atoms with Crippen molar-refractivity contribution in [3.8, 4) is 22.6 Å². The third kappa shape index (κ3) is 3.39. The molecule has 1 atom stereocenters. The fraction of sp³-hybridized carbons (Fsp3) is 0.250. The van der Waals surface area contributed by atoms with Crippen LogP contribution in [0.3, 0.4) is 0 Å². The lowest BCUT2D eigenvalue weighted by Crippen LogP contribution is -2.52. The highest BCUT2D eigenvalue weighted by Crippen LogP contribution is 2.33. The Morgan fingerprint density at radius 1 is 1.09 bits per heavy atom. The van der Waals surface area contributed by atoms with Crippen molar-refractivity contribution in [3.05, 3.63) is 64.3 Å². The number of piperidine rings is 1. The number of nitrogens with one attached hydrogen (secondary N) is 1. The van der Waals surface area contributed by atoms with E-state index in [9.17, 15) is 14.4 Å². The maximum atomic E-state index is 12.9. The quantitative estimate of drug-likeness (QED) is 0.622. The zero-order chi connectivity index (χ0) is 22.6. The molecule has 2 aliphatic rings. The topological polar surface area (TPSA) is 84.3 Å². The smallest absolute Gasteiger partial charge is 0.255 e. The van der Waals surface area contributed by atoms with E-state index >= 15 is 0 Å². The number of hydrogen-bond acceptors (Lipinski definition) is 4. The molecule has 2 aliphatic heterocycles. The van der Waals surface area contributed by atoms with E-state index in [2.05, 4.69) is 5.32 Å². The number of rotatable bonds is 3. The number of imidazole rings is 1. The van der Waals surface area contributed by atoms with Crippen LogP contribution in [0, 0.1) is 6.92 Å². The molecule has 1 unspecified atom stereocenters. The van der Waals surface area contributed by atoms with E-state index in [1.165, 1.54) is 0 Å². The number of halogens is 1. The average molecular weight is 449 g/mol. The van der Waals surface area contributed by atoms with Gasteiger partial charge in [0.15, 0.2) is 0 Å². The van der Waals surface area contributed by atoms with Gasteiger partial charge in [0.05, 0.1) is 5.69 Å². The minimum Gasteiger partial charge on any atom is -0.333 e. The van der Waals surface area contributed by atoms with Crippen LogP contribution in [0.25, 0.3) is 22.6 Å². The van der Waals surface area contributed by atoms with Crippen molar-refractivity contribution in [2.24, 2.45) is 7.05 Å². The second-order valence-electron chi connectivity index (χ2n) is 8.29. The summed E-state index contributed by atoms with van der Waals surface area (Å²) in [4.78, 5) is 43.0. The maximum Gasteiger partial charge on any atom is 0.255 e. The fourth-order valence-corrected chi connectivity index (χ4v) is 4.60. The molecule has 0 aliphatic carbocycles. The summed E-state index contributed by atoms with van der Waals surface area (Å²) in [6.45, 7) is 2.35. The monoisotopic (exact) mass is 448 g/mol. The molecule has 1 aromatic heterocycles. The van der Waals surface area contributed by atoms with Crippen molar-refractivity contribution < 1.29 is 14.4 Å². The number of amides is 3. The Hall–Kier alpha value is -3.45. The number of aromatic nitrogens is 2. The molecular weight excluding hydrogens is 428 g/mol. The Balaban J connectivity index is 1.46. The summed E-state index contributed by atoms with van der Waals surface area (Å²) >= 11 is 6.20. The summed E-state index contributed by atoms with van der Waals surface area (Å²) in [5.41, 5.74) is 5.16. The van der Waals surface area contributed by atoms with E-state index in [1.54, 1.807) is 11.0 Å². The first-order valence-corrected chi connectivity index (χ1v) is 10.8. The largest absolute Gasteiger partial charge is 0.333 e. The van der Waals surface area contributed by atoms with Crippen LogP contribution in [0.15, 0.2) is 42.6 Å². The van der Waals surface area contributed by atoms with Crippen LogP contribution < -0.4 is 5.32 Å². The van der Waals surface area contributed by atoms with Gasteiger partial charge in [-0.3, -0.25) is 19.7 Å². The number of hydrogen-bond donors (Lipinski definition) is 1. The maximum absolute atomic E-state index is 12.9. The predicted octanol–water partition coefficient (Wildman–Crippen LogP) is 3.48. The van der Waals surface area contributed by atoms with Crippen molar-refractivity contribution in [2.75, 3.05) is 0 Å². The molecular formula is C24H21ClN4O3. The molecule has 1 saturated heterocycles. The van der Waals surface area contributed by atoms with Crippen molar-refractivity contribution in [2.45, 2.75) is 32.4 Å². The number of fused-ring (bicyclic) bond motifs is 1. The minimum absolute atomic E-state index is 0.183. The van der Waals surface area contributed by atoms with Crippen molar-refractivity contribution in [1.29, 1.82) is 0 Å². The van der Waals surface area contributed by atoms with Gasteiger partial charge >= 0.3 is 0 Å². The molecule has 1 N–H and O–H groups in total. The normalized spacial score (nSPS) is 18.2. The minimum atomic E-state index is -0.622. The fourth-order valence-electron chi connectivity index (χ4n) is 4.42. The van der Waals surface area contributed by atoms with Crippen molar-refractivity contribution >= 4 is 29.3 Å². The highest BCUT2D eigenvalue weighted by Gasteiger charge is 2.39. The standard InChI is InChI=1S/C24H21ClN4O3/c1-13-3-5-16(25)10-18(13)22-26-19(12-28(22)2)14-4-6-17-15(9-14)11-29(24(17)32)20-7-8-21(30)27-23(20)31/h3-6,9-10,12,20H,7-8,11H2,1-2H3,(H,27,30,31). The molecule has 5 rings (SSSR count). The Kier molecular flexibility index (Phi) is 4.86. The number of carbonyl (C=O) groups is 3. The molecule has 1 fully saturated rings. The highest BCUT2D eigenvalue weighted by atomic mass is 35.5. The molecule has 7 nitrogen and oxygen atoms in total. The number of benzene rings is 2. The van der Waals surface area contributed by atoms with Crippen LogP contribution in [-0.4, -0.2) is 38.2 Å². The summed E-state index contributed by atoms with van der Waals surface area (Å²) in [5.74, 6) is -0.0773. The molecule has 3 aromatic rings. The molecule has 0 bridgehead atoms. The second kappa shape index (κ2) is 7.60. The second-order valence-corrected chi connectivity index (χ2v) is 8.73. The lowest BCUT2D eigenvalue weighted by atomic mass is 10.0. The van der Waals surface area contributed by atoms with E-state index in [4.69, 9.17) is 16.6 Å². The summed E-state index contributed by atoms with van der Waals surface area (Å²) in [6, 6.07) is 10.7. The Morgan fingerprint density at radius 3 is 2.69 bits per heavy atom. The molecule has 32 heavy (non-hydrogen) atoms. The molecule has 8 heteroatoms. The van der Waals surface area contributed by atoms with E-state index in [-0.39, 0.29) is 18.2 Å². The molecule has 3 amide bonds. The van der Waals surface area contributed by atoms with E-state index in [1.807, 2.05) is 55.1 Å². The summed E-state index contributed by atoms with van der Waals surface area (Å²) in [5, 5.41) is 2.98. The van der Waals surface area contributed by atoms with Crippen LogP contribution in [0.1, 0.15) is 34.3 Å². The van der Waals surface area contributed by atoms with Crippen LogP contribution in [0.5, 0.6) is 0 Å². The van der Waals surface area contributed by atoms with Gasteiger partial charge in [-0.15, -0.1) is 0 Å². The number of imide groups is 1. The Morgan fingerprint density at radius 2 is 1.91 bits per heavy atom. The van der Waals surface area contributed by atoms with Gasteiger partial charge in [0.2, 0.25) is 11.8 Å². The molecule has 0 radical (unpaired) electrons. The van der Waals surface area contributed by atoms with Gasteiger partial charge in [-0.25, -0.2) is 4.98 Å². The number of carbonyl (C=O) groups excluding carboxylic acids is 3. The van der Waals surface area contributed by atoms with Gasteiger partial charge < -0.3 is 9.47 Å². The van der Waals surface area contributed by atoms with Gasteiger partial charge in [-0.1, -0.05) is 23.7 Å². The van der Waals surface area contributed by atoms with Gasteiger partial charge in [-0.05, 0) is 48.7 Å². The first-order valence-electron chi connectivity index (χ1n) is 10.4. The van der Waals surface area contributed by atoms with Crippen LogP contribution in [0.2, 0.25) is 5.02 Å². The Bertz CT molecular complexity index is 1300. The number of aryl methyl sites for hydroxylation is 2. The first-order chi connectivity index (χ1) is 15.3. The zero-order valence-corrected chi connectivity index (χ0v) is 18.4. The third-order valence-electron chi connectivity index (χ3n) is 6.14. The van der Waals surface area contributed by atoms with Gasteiger partial charge in [0.1, 0.15) is 11.9 Å². The lowest BCUT2D eigenvalue weighted by Gasteiger charge is -2.29. The van der Waals surface area contributed by atoms with E-state index < -0.39 is 11.9 Å². The average Bonchev–Trinajstić information content (AvgIpc) is 3.30. The van der Waals surface area contributed by atoms with Crippen LogP contribution >= 0.6 is 11.6 Å². The SMILES string of the molecule is Cc1ccc(Cl)cc1-c1nc(-c2ccc3c(c2)CN(C2CCC(=O)NC2=O)C3=O)cn1C. The molecule has 0 spiro atoms. The molecule has 162 valence electrons. The van der Waals surface area contributed by atoms with E-state index in [0.29, 0.717) is 23.6 Å². The molecule has 3 heterocycles. The van der Waals surface area contributed by atoms with Crippen molar-refractivity contribution in [3.63, 3.8) is 0 Å². The van der Waals surface area contributed by atoms with E-state index in [0.717, 1.165) is 33.8 Å². The van der Waals surface area contributed by atoms with Gasteiger partial charge in [-0.2, -0.15) is 0 Å². The summed E-state index contributed by atoms with van der Waals surface area (Å²) in [7, 11) is 1.94.